The van der Waals surface area contributed by atoms with Gasteiger partial charge >= 0.3 is 0 Å². The molecule has 0 saturated heterocycles. The van der Waals surface area contributed by atoms with Crippen LogP contribution in [0.5, 0.6) is 0 Å². The zero-order chi connectivity index (χ0) is 15.9. The first-order valence-corrected chi connectivity index (χ1v) is 6.69. The number of amidine groups is 1. The van der Waals surface area contributed by atoms with E-state index in [-0.39, 0.29) is 17.1 Å². The highest BCUT2D eigenvalue weighted by molar-refractivity contribution is 5.98. The van der Waals surface area contributed by atoms with Gasteiger partial charge in [-0.3, -0.25) is 10.7 Å². The normalized spacial score (nSPS) is 11.3. The molecule has 0 radical (unpaired) electrons. The Labute approximate surface area is 126 Å². The number of unbranched alkanes of at least 4 members (excludes halogenated alkanes) is 1. The number of aryl methyl sites for hydroxylation is 1. The van der Waals surface area contributed by atoms with Gasteiger partial charge in [0.15, 0.2) is 11.5 Å². The molecule has 0 atom stereocenters. The summed E-state index contributed by atoms with van der Waals surface area (Å²) in [5.74, 6) is -0.616. The molecule has 0 aliphatic rings. The van der Waals surface area contributed by atoms with Crippen LogP contribution in [-0.4, -0.2) is 21.4 Å². The number of nitrogens with one attached hydrogen (secondary N) is 1. The van der Waals surface area contributed by atoms with Crippen molar-refractivity contribution in [2.75, 3.05) is 0 Å². The van der Waals surface area contributed by atoms with E-state index in [0.717, 1.165) is 18.9 Å². The maximum Gasteiger partial charge on any atom is 0.181 e. The molecule has 2 aromatic rings. The number of benzene rings is 1. The van der Waals surface area contributed by atoms with Gasteiger partial charge in [0.1, 0.15) is 17.6 Å². The van der Waals surface area contributed by atoms with Gasteiger partial charge in [-0.2, -0.15) is 5.26 Å². The summed E-state index contributed by atoms with van der Waals surface area (Å²) >= 11 is 0. The molecule has 8 heteroatoms. The number of hydrogen-bond acceptors (Lipinski definition) is 6. The van der Waals surface area contributed by atoms with Gasteiger partial charge in [0.25, 0.3) is 0 Å². The van der Waals surface area contributed by atoms with Crippen molar-refractivity contribution in [2.24, 2.45) is 4.99 Å². The first-order chi connectivity index (χ1) is 10.7. The van der Waals surface area contributed by atoms with Crippen LogP contribution in [-0.2, 0) is 6.42 Å². The van der Waals surface area contributed by atoms with Crippen LogP contribution in [0.2, 0.25) is 0 Å². The summed E-state index contributed by atoms with van der Waals surface area (Å²) in [7, 11) is 0. The molecule has 0 bridgehead atoms. The molecule has 0 amide bonds. The third kappa shape index (κ3) is 3.45. The Morgan fingerprint density at radius 1 is 1.50 bits per heavy atom. The van der Waals surface area contributed by atoms with Crippen molar-refractivity contribution in [2.45, 2.75) is 26.2 Å². The lowest BCUT2D eigenvalue weighted by Gasteiger charge is -2.03. The Hall–Kier alpha value is -2.79. The minimum Gasteiger partial charge on any atom is -0.290 e. The second-order valence-electron chi connectivity index (χ2n) is 4.51. The van der Waals surface area contributed by atoms with E-state index < -0.39 is 5.82 Å². The quantitative estimate of drug-likeness (QED) is 0.499. The fourth-order valence-corrected chi connectivity index (χ4v) is 1.82. The summed E-state index contributed by atoms with van der Waals surface area (Å²) < 4.78 is 18.0. The van der Waals surface area contributed by atoms with Gasteiger partial charge < -0.3 is 0 Å². The van der Waals surface area contributed by atoms with Gasteiger partial charge in [0.05, 0.1) is 11.3 Å². The predicted octanol–water partition coefficient (Wildman–Crippen LogP) is 2.48. The number of rotatable bonds is 5. The van der Waals surface area contributed by atoms with E-state index in [0.29, 0.717) is 17.8 Å². The smallest absolute Gasteiger partial charge is 0.181 e. The maximum atomic E-state index is 13.3. The number of hydrogen-bond donors (Lipinski definition) is 2. The molecule has 0 saturated carbocycles. The zero-order valence-electron chi connectivity index (χ0n) is 11.9. The SMILES string of the molecule is CCCCc1nonc1C(=Nc1ccc(F)c(C#N)c1)NO. The van der Waals surface area contributed by atoms with Gasteiger partial charge in [-0.05, 0) is 36.2 Å². The third-order valence-corrected chi connectivity index (χ3v) is 2.97. The van der Waals surface area contributed by atoms with Crippen molar-refractivity contribution in [3.8, 4) is 6.07 Å². The second-order valence-corrected chi connectivity index (χ2v) is 4.51. The van der Waals surface area contributed by atoms with Gasteiger partial charge in [-0.25, -0.2) is 14.0 Å². The Balaban J connectivity index is 2.36. The van der Waals surface area contributed by atoms with E-state index in [9.17, 15) is 9.60 Å². The summed E-state index contributed by atoms with van der Waals surface area (Å²) in [5, 5.41) is 25.6. The minimum atomic E-state index is -0.633. The third-order valence-electron chi connectivity index (χ3n) is 2.97. The Bertz CT molecular complexity index is 720. The maximum absolute atomic E-state index is 13.3. The summed E-state index contributed by atoms with van der Waals surface area (Å²) in [6.45, 7) is 2.04. The van der Waals surface area contributed by atoms with Gasteiger partial charge in [0, 0.05) is 0 Å². The van der Waals surface area contributed by atoms with Crippen molar-refractivity contribution in [3.63, 3.8) is 0 Å². The van der Waals surface area contributed by atoms with E-state index in [1.807, 2.05) is 12.4 Å². The molecule has 0 fully saturated rings. The number of hydroxylamine groups is 1. The minimum absolute atomic E-state index is 0.0165. The van der Waals surface area contributed by atoms with Gasteiger partial charge in [-0.15, -0.1) is 0 Å². The number of halogens is 1. The fourth-order valence-electron chi connectivity index (χ4n) is 1.82. The lowest BCUT2D eigenvalue weighted by Crippen LogP contribution is -2.22. The van der Waals surface area contributed by atoms with Crippen LogP contribution in [0.15, 0.2) is 27.8 Å². The molecule has 0 unspecified atom stereocenters. The molecule has 1 heterocycles. The average molecular weight is 303 g/mol. The fraction of sp³-hybridized carbons (Fsp3) is 0.286. The molecule has 0 aliphatic carbocycles. The second kappa shape index (κ2) is 7.28. The number of aromatic nitrogens is 2. The molecule has 2 N–H and O–H groups in total. The molecule has 22 heavy (non-hydrogen) atoms. The van der Waals surface area contributed by atoms with Crippen LogP contribution < -0.4 is 5.48 Å². The Kier molecular flexibility index (Phi) is 5.16. The predicted molar refractivity (Wildman–Crippen MR) is 75.1 cm³/mol. The van der Waals surface area contributed by atoms with Crippen molar-refractivity contribution < 1.29 is 14.2 Å². The molecule has 114 valence electrons. The highest BCUT2D eigenvalue weighted by Gasteiger charge is 2.16. The van der Waals surface area contributed by atoms with Crippen LogP contribution in [0.4, 0.5) is 10.1 Å². The van der Waals surface area contributed by atoms with Crippen LogP contribution in [0.1, 0.15) is 36.7 Å². The van der Waals surface area contributed by atoms with Crippen LogP contribution in [0.3, 0.4) is 0 Å². The number of aliphatic imine (C=N–C) groups is 1. The van der Waals surface area contributed by atoms with E-state index in [1.165, 1.54) is 12.1 Å². The van der Waals surface area contributed by atoms with Crippen molar-refractivity contribution in [1.82, 2.24) is 15.8 Å². The number of nitriles is 1. The Morgan fingerprint density at radius 3 is 3.00 bits per heavy atom. The van der Waals surface area contributed by atoms with Crippen LogP contribution in [0, 0.1) is 17.1 Å². The van der Waals surface area contributed by atoms with Crippen molar-refractivity contribution in [3.05, 3.63) is 41.0 Å². The molecule has 0 spiro atoms. The van der Waals surface area contributed by atoms with E-state index >= 15 is 0 Å². The molecular weight excluding hydrogens is 289 g/mol. The summed E-state index contributed by atoms with van der Waals surface area (Å²) in [6.07, 6.45) is 2.48. The molecule has 1 aromatic carbocycles. The van der Waals surface area contributed by atoms with Crippen LogP contribution in [0.25, 0.3) is 0 Å². The number of nitrogens with zero attached hydrogens (tertiary/aromatic N) is 4. The largest absolute Gasteiger partial charge is 0.290 e. The van der Waals surface area contributed by atoms with E-state index in [2.05, 4.69) is 19.9 Å². The lowest BCUT2D eigenvalue weighted by molar-refractivity contribution is 0.234. The van der Waals surface area contributed by atoms with Gasteiger partial charge in [0.2, 0.25) is 0 Å². The average Bonchev–Trinajstić information content (AvgIpc) is 3.00. The molecule has 0 aliphatic heterocycles. The summed E-state index contributed by atoms with van der Waals surface area (Å²) in [5.41, 5.74) is 2.92. The first kappa shape index (κ1) is 15.6. The van der Waals surface area contributed by atoms with E-state index in [1.54, 1.807) is 6.07 Å². The standard InChI is InChI=1S/C14H14FN5O2/c1-2-3-4-12-13(20-22-19-12)14(18-21)17-10-5-6-11(15)9(7-10)8-16/h5-7,21H,2-4H2,1H3,(H,17,18). The van der Waals surface area contributed by atoms with Crippen molar-refractivity contribution in [1.29, 1.82) is 5.26 Å². The monoisotopic (exact) mass is 303 g/mol. The summed E-state index contributed by atoms with van der Waals surface area (Å²) in [6, 6.07) is 5.51. The first-order valence-electron chi connectivity index (χ1n) is 6.69. The molecular formula is C14H14FN5O2. The Morgan fingerprint density at radius 2 is 2.32 bits per heavy atom. The molecule has 2 rings (SSSR count). The van der Waals surface area contributed by atoms with E-state index in [4.69, 9.17) is 5.26 Å². The summed E-state index contributed by atoms with van der Waals surface area (Å²) in [4.78, 5) is 4.11. The van der Waals surface area contributed by atoms with Crippen molar-refractivity contribution >= 4 is 11.5 Å². The van der Waals surface area contributed by atoms with Gasteiger partial charge in [-0.1, -0.05) is 18.5 Å². The topological polar surface area (TPSA) is 107 Å². The van der Waals surface area contributed by atoms with Crippen LogP contribution >= 0.6 is 0 Å². The lowest BCUT2D eigenvalue weighted by atomic mass is 10.1. The zero-order valence-corrected chi connectivity index (χ0v) is 11.9. The highest BCUT2D eigenvalue weighted by atomic mass is 19.1. The molecule has 1 aromatic heterocycles. The highest BCUT2D eigenvalue weighted by Crippen LogP contribution is 2.18. The molecule has 7 nitrogen and oxygen atoms in total.